The normalized spacial score (nSPS) is 25.2. The number of aromatic nitrogens is 2. The maximum atomic E-state index is 14.0. The van der Waals surface area contributed by atoms with Gasteiger partial charge in [-0.3, -0.25) is 9.48 Å². The van der Waals surface area contributed by atoms with E-state index in [0.717, 1.165) is 56.3 Å². The highest BCUT2D eigenvalue weighted by atomic mass is 19.1. The van der Waals surface area contributed by atoms with Gasteiger partial charge in [0.1, 0.15) is 5.82 Å². The van der Waals surface area contributed by atoms with Gasteiger partial charge in [0, 0.05) is 36.1 Å². The number of hydrogen-bond donors (Lipinski definition) is 0. The van der Waals surface area contributed by atoms with Gasteiger partial charge in [0.2, 0.25) is 0 Å². The molecule has 3 heterocycles. The van der Waals surface area contributed by atoms with Crippen LogP contribution in [0, 0.1) is 5.82 Å². The average Bonchev–Trinajstić information content (AvgIpc) is 3.33. The van der Waals surface area contributed by atoms with E-state index in [9.17, 15) is 9.18 Å². The highest BCUT2D eigenvalue weighted by Crippen LogP contribution is 2.44. The van der Waals surface area contributed by atoms with Gasteiger partial charge in [0.05, 0.1) is 12.1 Å². The monoisotopic (exact) mass is 396 g/mol. The number of anilines is 1. The Labute approximate surface area is 171 Å². The van der Waals surface area contributed by atoms with Crippen LogP contribution in [-0.2, 0) is 19.9 Å². The molecule has 2 saturated heterocycles. The maximum Gasteiger partial charge on any atom is 0.274 e. The number of carbonyl (C=O) groups is 1. The number of fused-ring (bicyclic) bond motifs is 2. The summed E-state index contributed by atoms with van der Waals surface area (Å²) in [7, 11) is 1.95. The van der Waals surface area contributed by atoms with E-state index >= 15 is 0 Å². The van der Waals surface area contributed by atoms with Crippen molar-refractivity contribution < 1.29 is 9.18 Å². The molecule has 3 aliphatic rings. The Kier molecular flexibility index (Phi) is 4.23. The third-order valence-corrected chi connectivity index (χ3v) is 7.10. The smallest absolute Gasteiger partial charge is 0.274 e. The van der Waals surface area contributed by atoms with Gasteiger partial charge in [0.25, 0.3) is 5.91 Å². The standard InChI is InChI=1S/C23H29FN4O/c1-23(2)14-20-19(28(23)16-8-4-7-15(24)13-16)11-6-12-27(20)22(29)21-17-9-5-10-18(17)26(3)25-21/h4,7-8,13,19-20H,5-6,9-12,14H2,1-3H3/t19-,20-/m0/s1. The van der Waals surface area contributed by atoms with Crippen LogP contribution in [-0.4, -0.2) is 44.8 Å². The molecule has 154 valence electrons. The molecule has 1 aliphatic carbocycles. The van der Waals surface area contributed by atoms with Crippen LogP contribution in [0.1, 0.15) is 61.3 Å². The molecular weight excluding hydrogens is 367 g/mol. The predicted octanol–water partition coefficient (Wildman–Crippen LogP) is 3.71. The summed E-state index contributed by atoms with van der Waals surface area (Å²) < 4.78 is 15.8. The van der Waals surface area contributed by atoms with E-state index < -0.39 is 0 Å². The van der Waals surface area contributed by atoms with Crippen molar-refractivity contribution in [2.24, 2.45) is 7.05 Å². The van der Waals surface area contributed by atoms with Gasteiger partial charge in [-0.25, -0.2) is 4.39 Å². The molecule has 5 rings (SSSR count). The third-order valence-electron chi connectivity index (χ3n) is 7.10. The van der Waals surface area contributed by atoms with Crippen molar-refractivity contribution in [3.8, 4) is 0 Å². The van der Waals surface area contributed by atoms with E-state index in [1.807, 2.05) is 17.8 Å². The van der Waals surface area contributed by atoms with E-state index in [0.29, 0.717) is 5.69 Å². The first kappa shape index (κ1) is 18.6. The summed E-state index contributed by atoms with van der Waals surface area (Å²) in [5.41, 5.74) is 3.80. The molecule has 1 amide bonds. The number of nitrogens with zero attached hydrogens (tertiary/aromatic N) is 4. The van der Waals surface area contributed by atoms with E-state index in [2.05, 4.69) is 28.7 Å². The molecule has 0 bridgehead atoms. The van der Waals surface area contributed by atoms with Crippen molar-refractivity contribution in [3.63, 3.8) is 0 Å². The van der Waals surface area contributed by atoms with Crippen LogP contribution >= 0.6 is 0 Å². The van der Waals surface area contributed by atoms with Crippen LogP contribution in [0.25, 0.3) is 0 Å². The van der Waals surface area contributed by atoms with Crippen LogP contribution in [0.15, 0.2) is 24.3 Å². The summed E-state index contributed by atoms with van der Waals surface area (Å²) in [6, 6.07) is 7.21. The lowest BCUT2D eigenvalue weighted by Crippen LogP contribution is -2.53. The zero-order chi connectivity index (χ0) is 20.3. The summed E-state index contributed by atoms with van der Waals surface area (Å²) in [6.45, 7) is 5.19. The second-order valence-corrected chi connectivity index (χ2v) is 9.39. The van der Waals surface area contributed by atoms with Gasteiger partial charge in [-0.15, -0.1) is 0 Å². The lowest BCUT2D eigenvalue weighted by molar-refractivity contribution is 0.0597. The van der Waals surface area contributed by atoms with Crippen LogP contribution in [0.3, 0.4) is 0 Å². The van der Waals surface area contributed by atoms with Crippen LogP contribution in [0.4, 0.5) is 10.1 Å². The zero-order valence-corrected chi connectivity index (χ0v) is 17.5. The van der Waals surface area contributed by atoms with Gasteiger partial charge in [-0.1, -0.05) is 6.07 Å². The Morgan fingerprint density at radius 2 is 2.03 bits per heavy atom. The average molecular weight is 397 g/mol. The van der Waals surface area contributed by atoms with E-state index in [1.54, 1.807) is 12.1 Å². The molecular formula is C23H29FN4O. The Hall–Kier alpha value is -2.37. The summed E-state index contributed by atoms with van der Waals surface area (Å²) in [6.07, 6.45) is 5.94. The van der Waals surface area contributed by atoms with Gasteiger partial charge in [-0.2, -0.15) is 5.10 Å². The van der Waals surface area contributed by atoms with Gasteiger partial charge in [0.15, 0.2) is 5.69 Å². The number of likely N-dealkylation sites (tertiary alicyclic amines) is 1. The summed E-state index contributed by atoms with van der Waals surface area (Å²) in [5, 5.41) is 4.61. The fourth-order valence-corrected chi connectivity index (χ4v) is 5.98. The van der Waals surface area contributed by atoms with Crippen molar-refractivity contribution in [1.82, 2.24) is 14.7 Å². The first-order valence-corrected chi connectivity index (χ1v) is 10.8. The molecule has 6 heteroatoms. The van der Waals surface area contributed by atoms with Crippen LogP contribution < -0.4 is 4.90 Å². The fraction of sp³-hybridized carbons (Fsp3) is 0.565. The van der Waals surface area contributed by atoms with E-state index in [-0.39, 0.29) is 29.3 Å². The number of rotatable bonds is 2. The fourth-order valence-electron chi connectivity index (χ4n) is 5.98. The first-order chi connectivity index (χ1) is 13.9. The van der Waals surface area contributed by atoms with Gasteiger partial charge in [-0.05, 0) is 70.6 Å². The van der Waals surface area contributed by atoms with Crippen molar-refractivity contribution in [2.75, 3.05) is 11.4 Å². The highest BCUT2D eigenvalue weighted by Gasteiger charge is 2.51. The number of benzene rings is 1. The second-order valence-electron chi connectivity index (χ2n) is 9.39. The number of hydrogen-bond acceptors (Lipinski definition) is 3. The molecule has 0 unspecified atom stereocenters. The summed E-state index contributed by atoms with van der Waals surface area (Å²) in [4.78, 5) is 18.0. The topological polar surface area (TPSA) is 41.4 Å². The predicted molar refractivity (Wildman–Crippen MR) is 111 cm³/mol. The molecule has 1 aromatic heterocycles. The Morgan fingerprint density at radius 3 is 2.83 bits per heavy atom. The molecule has 2 atom stereocenters. The minimum absolute atomic E-state index is 0.0790. The summed E-state index contributed by atoms with van der Waals surface area (Å²) in [5.74, 6) is -0.134. The highest BCUT2D eigenvalue weighted by molar-refractivity contribution is 5.94. The van der Waals surface area contributed by atoms with Crippen LogP contribution in [0.5, 0.6) is 0 Å². The van der Waals surface area contributed by atoms with E-state index in [4.69, 9.17) is 0 Å². The molecule has 0 radical (unpaired) electrons. The molecule has 0 N–H and O–H groups in total. The van der Waals surface area contributed by atoms with Crippen molar-refractivity contribution in [2.45, 2.75) is 70.0 Å². The molecule has 0 saturated carbocycles. The van der Waals surface area contributed by atoms with Crippen LogP contribution in [0.2, 0.25) is 0 Å². The quantitative estimate of drug-likeness (QED) is 0.777. The van der Waals surface area contributed by atoms with Crippen molar-refractivity contribution in [3.05, 3.63) is 47.0 Å². The molecule has 0 spiro atoms. The van der Waals surface area contributed by atoms with Crippen molar-refractivity contribution >= 4 is 11.6 Å². The minimum Gasteiger partial charge on any atom is -0.361 e. The molecule has 5 nitrogen and oxygen atoms in total. The third kappa shape index (κ3) is 2.87. The Balaban J connectivity index is 1.49. The minimum atomic E-state index is -0.213. The number of carbonyl (C=O) groups excluding carboxylic acids is 1. The number of halogens is 1. The van der Waals surface area contributed by atoms with E-state index in [1.165, 1.54) is 11.8 Å². The lowest BCUT2D eigenvalue weighted by atomic mass is 9.93. The SMILES string of the molecule is Cn1nc(C(=O)N2CCC[C@H]3[C@@H]2CC(C)(C)N3c2cccc(F)c2)c2c1CCC2. The second kappa shape index (κ2) is 6.57. The molecule has 29 heavy (non-hydrogen) atoms. The largest absolute Gasteiger partial charge is 0.361 e. The molecule has 1 aromatic carbocycles. The Morgan fingerprint density at radius 1 is 1.21 bits per heavy atom. The number of aryl methyl sites for hydroxylation is 1. The van der Waals surface area contributed by atoms with Crippen molar-refractivity contribution in [1.29, 1.82) is 0 Å². The zero-order valence-electron chi connectivity index (χ0n) is 17.5. The number of amides is 1. The number of piperidine rings is 1. The van der Waals surface area contributed by atoms with Gasteiger partial charge >= 0.3 is 0 Å². The summed E-state index contributed by atoms with van der Waals surface area (Å²) >= 11 is 0. The van der Waals surface area contributed by atoms with Gasteiger partial charge < -0.3 is 9.80 Å². The molecule has 2 aliphatic heterocycles. The molecule has 2 aromatic rings. The maximum absolute atomic E-state index is 14.0. The first-order valence-electron chi connectivity index (χ1n) is 10.8. The Bertz CT molecular complexity index is 966. The molecule has 2 fully saturated rings. The lowest BCUT2D eigenvalue weighted by Gasteiger charge is -2.42.